The van der Waals surface area contributed by atoms with Crippen LogP contribution >= 0.6 is 0 Å². The minimum absolute atomic E-state index is 0.0463. The number of nitrogens with zero attached hydrogens (tertiary/aromatic N) is 9. The van der Waals surface area contributed by atoms with E-state index in [1.165, 1.54) is 11.9 Å². The number of carbonyl (C=O) groups excluding carboxylic acids is 4. The van der Waals surface area contributed by atoms with Crippen molar-refractivity contribution in [2.24, 2.45) is 0 Å². The Morgan fingerprint density at radius 3 is 2.06 bits per heavy atom. The maximum atomic E-state index is 13.4. The second kappa shape index (κ2) is 18.6. The Balaban J connectivity index is 0.669. The number of nitrogen functional groups attached to an aromatic ring is 1. The molecule has 0 bridgehead atoms. The highest BCUT2D eigenvalue weighted by atomic mass is 16.5. The zero-order chi connectivity index (χ0) is 45.5. The quantitative estimate of drug-likeness (QED) is 0.120. The van der Waals surface area contributed by atoms with Crippen molar-refractivity contribution in [2.75, 3.05) is 50.3 Å². The van der Waals surface area contributed by atoms with Gasteiger partial charge in [0.15, 0.2) is 5.65 Å². The summed E-state index contributed by atoms with van der Waals surface area (Å²) >= 11 is 0. The van der Waals surface area contributed by atoms with Crippen LogP contribution in [0.15, 0.2) is 53.4 Å². The summed E-state index contributed by atoms with van der Waals surface area (Å²) in [6, 6.07) is 12.7. The third-order valence-corrected chi connectivity index (χ3v) is 14.6. The van der Waals surface area contributed by atoms with Crippen LogP contribution in [0.3, 0.4) is 0 Å². The Kier molecular flexibility index (Phi) is 12.3. The maximum absolute atomic E-state index is 13.4. The van der Waals surface area contributed by atoms with Crippen LogP contribution in [-0.2, 0) is 19.2 Å². The molecule has 4 amide bonds. The average molecular weight is 897 g/mol. The van der Waals surface area contributed by atoms with Gasteiger partial charge >= 0.3 is 0 Å². The van der Waals surface area contributed by atoms with Gasteiger partial charge in [-0.3, -0.25) is 29.5 Å². The molecule has 5 aromatic rings. The first kappa shape index (κ1) is 43.7. The van der Waals surface area contributed by atoms with Crippen molar-refractivity contribution in [1.82, 2.24) is 49.9 Å². The zero-order valence-electron chi connectivity index (χ0n) is 38.0. The molecule has 1 atom stereocenters. The number of piperidine rings is 4. The van der Waals surface area contributed by atoms with Gasteiger partial charge in [0.1, 0.15) is 35.3 Å². The highest BCUT2D eigenvalue weighted by Crippen LogP contribution is 2.48. The predicted molar refractivity (Wildman–Crippen MR) is 248 cm³/mol. The fourth-order valence-electron chi connectivity index (χ4n) is 10.6. The minimum Gasteiger partial charge on any atom is -0.383 e. The molecule has 66 heavy (non-hydrogen) atoms. The number of carbonyl (C=O) groups is 4. The lowest BCUT2D eigenvalue weighted by molar-refractivity contribution is -0.138. The first-order valence-electron chi connectivity index (χ1n) is 24.0. The summed E-state index contributed by atoms with van der Waals surface area (Å²) in [4.78, 5) is 70.5. The number of hydrogen-bond acceptors (Lipinski definition) is 13. The molecular formula is C49H60N12O5. The van der Waals surface area contributed by atoms with Crippen LogP contribution in [0.2, 0.25) is 0 Å². The fourth-order valence-corrected chi connectivity index (χ4v) is 10.6. The molecule has 1 aliphatic carbocycles. The molecule has 4 saturated heterocycles. The molecule has 5 fully saturated rings. The average Bonchev–Trinajstić information content (AvgIpc) is 3.97. The molecule has 0 spiro atoms. The Labute approximate surface area is 384 Å². The van der Waals surface area contributed by atoms with Gasteiger partial charge in [-0.1, -0.05) is 23.4 Å². The van der Waals surface area contributed by atoms with Crippen LogP contribution in [0.5, 0.6) is 0 Å². The van der Waals surface area contributed by atoms with Gasteiger partial charge in [-0.2, -0.15) is 5.10 Å². The molecule has 1 saturated carbocycles. The molecule has 4 N–H and O–H groups in total. The van der Waals surface area contributed by atoms with E-state index in [9.17, 15) is 19.2 Å². The number of likely N-dealkylation sites (tertiary alicyclic amines) is 3. The molecular weight excluding hydrogens is 837 g/mol. The van der Waals surface area contributed by atoms with E-state index < -0.39 is 0 Å². The minimum atomic E-state index is -0.385. The maximum Gasteiger partial charge on any atom is 0.249 e. The van der Waals surface area contributed by atoms with Gasteiger partial charge in [0.2, 0.25) is 23.6 Å². The molecule has 17 nitrogen and oxygen atoms in total. The lowest BCUT2D eigenvalue weighted by Crippen LogP contribution is -2.49. The van der Waals surface area contributed by atoms with E-state index in [0.29, 0.717) is 66.1 Å². The highest BCUT2D eigenvalue weighted by Gasteiger charge is 2.36. The summed E-state index contributed by atoms with van der Waals surface area (Å²) in [5.74, 6) is 1.88. The number of fused-ring (bicyclic) bond motifs is 1. The summed E-state index contributed by atoms with van der Waals surface area (Å²) in [6.07, 6.45) is 12.6. The van der Waals surface area contributed by atoms with E-state index in [-0.39, 0.29) is 60.4 Å². The van der Waals surface area contributed by atoms with Gasteiger partial charge in [0.05, 0.1) is 16.6 Å². The number of hydrogen-bond donors (Lipinski definition) is 3. The smallest absolute Gasteiger partial charge is 0.249 e. The molecule has 8 heterocycles. The van der Waals surface area contributed by atoms with Crippen molar-refractivity contribution in [2.45, 2.75) is 127 Å². The molecule has 4 aromatic heterocycles. The monoisotopic (exact) mass is 896 g/mol. The number of nitrogens with two attached hydrogens (primary N) is 1. The normalized spacial score (nSPS) is 20.6. The van der Waals surface area contributed by atoms with E-state index in [4.69, 9.17) is 20.3 Å². The van der Waals surface area contributed by atoms with Crippen molar-refractivity contribution in [3.63, 3.8) is 0 Å². The van der Waals surface area contributed by atoms with E-state index >= 15 is 0 Å². The largest absolute Gasteiger partial charge is 0.383 e. The number of rotatable bonds is 12. The molecule has 5 aliphatic rings. The number of imide groups is 1. The second-order valence-electron chi connectivity index (χ2n) is 19.2. The topological polar surface area (TPSA) is 211 Å². The molecule has 1 aromatic carbocycles. The van der Waals surface area contributed by atoms with Crippen molar-refractivity contribution in [3.8, 4) is 22.6 Å². The summed E-state index contributed by atoms with van der Waals surface area (Å²) in [7, 11) is 0. The van der Waals surface area contributed by atoms with Crippen LogP contribution in [0.4, 0.5) is 11.5 Å². The first-order chi connectivity index (χ1) is 32.1. The van der Waals surface area contributed by atoms with Crippen molar-refractivity contribution < 1.29 is 23.7 Å². The molecule has 4 aliphatic heterocycles. The SMILES string of the molecule is CC(C)n1nc(-c2noc(C3CC3)c2-c2ccc(C3CCN(C(=O)CCC(=O)N4CCC(N5CCC(c6ccc(NC7CCC(=O)NC7=O)cc6)CC5)CC4)CC3)cn2)c2c(N)ncnc21. The summed E-state index contributed by atoms with van der Waals surface area (Å²) in [6.45, 7) is 8.95. The molecule has 1 unspecified atom stereocenters. The molecule has 346 valence electrons. The lowest BCUT2D eigenvalue weighted by atomic mass is 9.88. The number of aromatic nitrogens is 6. The van der Waals surface area contributed by atoms with E-state index in [2.05, 4.69) is 48.9 Å². The molecule has 17 heteroatoms. The summed E-state index contributed by atoms with van der Waals surface area (Å²) < 4.78 is 7.85. The van der Waals surface area contributed by atoms with E-state index in [0.717, 1.165) is 106 Å². The van der Waals surface area contributed by atoms with Crippen molar-refractivity contribution >= 4 is 46.2 Å². The number of benzene rings is 1. The summed E-state index contributed by atoms with van der Waals surface area (Å²) in [5, 5.41) is 15.8. The number of pyridine rings is 1. The zero-order valence-corrected chi connectivity index (χ0v) is 38.0. The second-order valence-corrected chi connectivity index (χ2v) is 19.2. The first-order valence-corrected chi connectivity index (χ1v) is 24.0. The Hall–Kier alpha value is -6.23. The third-order valence-electron chi connectivity index (χ3n) is 14.6. The van der Waals surface area contributed by atoms with Crippen LogP contribution < -0.4 is 16.4 Å². The Morgan fingerprint density at radius 1 is 0.773 bits per heavy atom. The standard InChI is InChI=1S/C49H60N12O5/c1-29(2)61-48-43(47(50)52-28-53-48)44(56-61)45-42(46(66-57-45)33-3-4-33)37-10-7-34(27-51-37)32-17-23-59(24-18-32)40(63)13-14-41(64)60-25-19-36(20-26-60)58-21-15-31(16-22-58)30-5-8-35(9-6-30)54-38-11-12-39(62)55-49(38)65/h5-10,27-29,31-33,36,38,54H,3-4,11-26H2,1-2H3,(H2,50,52,53)(H,55,62,65). The fraction of sp³-hybridized carbons (Fsp3) is 0.531. The van der Waals surface area contributed by atoms with Gasteiger partial charge in [-0.05, 0) is 126 Å². The van der Waals surface area contributed by atoms with E-state index in [1.54, 1.807) is 0 Å². The Bertz CT molecular complexity index is 2580. The van der Waals surface area contributed by atoms with Crippen LogP contribution in [-0.4, -0.2) is 120 Å². The van der Waals surface area contributed by atoms with Gasteiger partial charge in [-0.15, -0.1) is 0 Å². The Morgan fingerprint density at radius 2 is 1.42 bits per heavy atom. The third kappa shape index (κ3) is 9.01. The number of nitrogens with one attached hydrogen (secondary N) is 2. The number of amides is 4. The van der Waals surface area contributed by atoms with Gasteiger partial charge in [0.25, 0.3) is 0 Å². The van der Waals surface area contributed by atoms with Crippen LogP contribution in [0.25, 0.3) is 33.7 Å². The van der Waals surface area contributed by atoms with Crippen molar-refractivity contribution in [1.29, 1.82) is 0 Å². The van der Waals surface area contributed by atoms with Gasteiger partial charge < -0.3 is 30.3 Å². The predicted octanol–water partition coefficient (Wildman–Crippen LogP) is 6.16. The molecule has 10 rings (SSSR count). The van der Waals surface area contributed by atoms with Crippen molar-refractivity contribution in [3.05, 3.63) is 65.8 Å². The van der Waals surface area contributed by atoms with Crippen LogP contribution in [0, 0.1) is 0 Å². The summed E-state index contributed by atoms with van der Waals surface area (Å²) in [5.41, 5.74) is 13.2. The molecule has 0 radical (unpaired) electrons. The van der Waals surface area contributed by atoms with E-state index in [1.807, 2.05) is 52.7 Å². The number of anilines is 2. The van der Waals surface area contributed by atoms with Gasteiger partial charge in [0, 0.05) is 75.3 Å². The van der Waals surface area contributed by atoms with Crippen LogP contribution in [0.1, 0.15) is 132 Å². The lowest BCUT2D eigenvalue weighted by Gasteiger charge is -2.42. The highest BCUT2D eigenvalue weighted by molar-refractivity contribution is 6.02. The van der Waals surface area contributed by atoms with Gasteiger partial charge in [-0.25, -0.2) is 14.6 Å².